The van der Waals surface area contributed by atoms with Crippen LogP contribution in [-0.2, 0) is 0 Å². The summed E-state index contributed by atoms with van der Waals surface area (Å²) in [4.78, 5) is 21.3. The number of hydrogen-bond donors (Lipinski definition) is 4. The van der Waals surface area contributed by atoms with E-state index in [9.17, 15) is 0 Å². The Kier molecular flexibility index (Phi) is 3.07. The highest BCUT2D eigenvalue weighted by Crippen LogP contribution is 2.20. The van der Waals surface area contributed by atoms with E-state index in [-0.39, 0.29) is 0 Å². The van der Waals surface area contributed by atoms with Crippen LogP contribution in [0.3, 0.4) is 0 Å². The van der Waals surface area contributed by atoms with Gasteiger partial charge in [-0.3, -0.25) is 20.4 Å². The molecule has 13 nitrogen and oxygen atoms in total. The molecule has 0 aliphatic rings. The molecule has 0 aliphatic heterocycles. The van der Waals surface area contributed by atoms with E-state index in [0.717, 1.165) is 0 Å². The number of H-pyrrole nitrogens is 4. The van der Waals surface area contributed by atoms with Crippen LogP contribution in [0.5, 0.6) is 0 Å². The van der Waals surface area contributed by atoms with Crippen LogP contribution in [0.1, 0.15) is 0 Å². The summed E-state index contributed by atoms with van der Waals surface area (Å²) < 4.78 is 0. The van der Waals surface area contributed by atoms with E-state index in [1.165, 1.54) is 12.7 Å². The van der Waals surface area contributed by atoms with Gasteiger partial charge in [0, 0.05) is 0 Å². The Balaban J connectivity index is 1.48. The van der Waals surface area contributed by atoms with Crippen molar-refractivity contribution in [2.75, 3.05) is 0 Å². The molecule has 0 amide bonds. The van der Waals surface area contributed by atoms with Gasteiger partial charge in [0.25, 0.3) is 0 Å². The summed E-state index contributed by atoms with van der Waals surface area (Å²) >= 11 is 0. The van der Waals surface area contributed by atoms with Gasteiger partial charge in [0.05, 0.1) is 0 Å². The normalized spacial score (nSPS) is 11.1. The summed E-state index contributed by atoms with van der Waals surface area (Å²) in [5.74, 6) is 2.76. The van der Waals surface area contributed by atoms with Crippen molar-refractivity contribution in [2.45, 2.75) is 0 Å². The highest BCUT2D eigenvalue weighted by Gasteiger charge is 2.14. The fourth-order valence-electron chi connectivity index (χ4n) is 2.29. The van der Waals surface area contributed by atoms with Gasteiger partial charge in [0.15, 0.2) is 34.9 Å². The van der Waals surface area contributed by atoms with Gasteiger partial charge in [-0.15, -0.1) is 0 Å². The van der Waals surface area contributed by atoms with Gasteiger partial charge >= 0.3 is 0 Å². The molecule has 0 saturated heterocycles. The second-order valence-corrected chi connectivity index (χ2v) is 5.09. The van der Waals surface area contributed by atoms with Crippen molar-refractivity contribution >= 4 is 0 Å². The first-order valence-electron chi connectivity index (χ1n) is 7.41. The largest absolute Gasteiger partial charge is 0.257 e. The summed E-state index contributed by atoms with van der Waals surface area (Å²) in [5.41, 5.74) is 1.13. The predicted molar refractivity (Wildman–Crippen MR) is 85.7 cm³/mol. The SMILES string of the molecule is c1cc(-c2n[nH]c(-c3ncn[nH]3)n2)nc(-c2n[nH]c(-c3ncn[nH]3)n2)c1. The van der Waals surface area contributed by atoms with Crippen molar-refractivity contribution < 1.29 is 0 Å². The van der Waals surface area contributed by atoms with Crippen molar-refractivity contribution in [2.24, 2.45) is 0 Å². The molecule has 126 valence electrons. The van der Waals surface area contributed by atoms with E-state index < -0.39 is 0 Å². The predicted octanol–water partition coefficient (Wildman–Crippen LogP) is 0.222. The lowest BCUT2D eigenvalue weighted by Crippen LogP contribution is -1.91. The summed E-state index contributed by atoms with van der Waals surface area (Å²) in [6.45, 7) is 0. The Morgan fingerprint density at radius 2 is 1.12 bits per heavy atom. The molecule has 5 aromatic heterocycles. The van der Waals surface area contributed by atoms with Gasteiger partial charge in [-0.2, -0.15) is 20.4 Å². The molecule has 0 fully saturated rings. The number of aromatic amines is 4. The van der Waals surface area contributed by atoms with Crippen LogP contribution in [0, 0.1) is 0 Å². The average molecular weight is 347 g/mol. The maximum absolute atomic E-state index is 4.52. The molecule has 4 N–H and O–H groups in total. The van der Waals surface area contributed by atoms with Crippen LogP contribution < -0.4 is 0 Å². The van der Waals surface area contributed by atoms with Gasteiger partial charge in [-0.1, -0.05) is 6.07 Å². The molecular weight excluding hydrogens is 338 g/mol. The molecular formula is C13H9N13. The van der Waals surface area contributed by atoms with Gasteiger partial charge < -0.3 is 0 Å². The lowest BCUT2D eigenvalue weighted by molar-refractivity contribution is 1.05. The minimum atomic E-state index is 0.421. The monoisotopic (exact) mass is 347 g/mol. The number of rotatable bonds is 4. The van der Waals surface area contributed by atoms with E-state index in [4.69, 9.17) is 0 Å². The summed E-state index contributed by atoms with van der Waals surface area (Å²) in [5, 5.41) is 26.9. The summed E-state index contributed by atoms with van der Waals surface area (Å²) in [6.07, 6.45) is 2.79. The quantitative estimate of drug-likeness (QED) is 0.353. The Morgan fingerprint density at radius 1 is 0.577 bits per heavy atom. The molecule has 0 bridgehead atoms. The van der Waals surface area contributed by atoms with Crippen molar-refractivity contribution in [3.63, 3.8) is 0 Å². The van der Waals surface area contributed by atoms with E-state index in [0.29, 0.717) is 46.3 Å². The lowest BCUT2D eigenvalue weighted by atomic mass is 10.3. The van der Waals surface area contributed by atoms with Crippen LogP contribution in [0.15, 0.2) is 30.9 Å². The van der Waals surface area contributed by atoms with Crippen LogP contribution in [0.25, 0.3) is 46.3 Å². The minimum Gasteiger partial charge on any atom is -0.257 e. The molecule has 13 heteroatoms. The minimum absolute atomic E-state index is 0.421. The van der Waals surface area contributed by atoms with Crippen molar-refractivity contribution in [3.8, 4) is 46.3 Å². The van der Waals surface area contributed by atoms with E-state index in [2.05, 4.69) is 65.7 Å². The number of pyridine rings is 1. The van der Waals surface area contributed by atoms with E-state index >= 15 is 0 Å². The van der Waals surface area contributed by atoms with Gasteiger partial charge in [-0.25, -0.2) is 24.9 Å². The number of hydrogen-bond acceptors (Lipinski definition) is 9. The third-order valence-corrected chi connectivity index (χ3v) is 3.46. The number of aromatic nitrogens is 13. The van der Waals surface area contributed by atoms with Gasteiger partial charge in [0.1, 0.15) is 24.0 Å². The van der Waals surface area contributed by atoms with Crippen LogP contribution in [-0.4, -0.2) is 65.7 Å². The first kappa shape index (κ1) is 14.1. The Morgan fingerprint density at radius 3 is 1.58 bits per heavy atom. The molecule has 5 heterocycles. The molecule has 0 aliphatic carbocycles. The zero-order valence-electron chi connectivity index (χ0n) is 12.9. The standard InChI is InChI=1S/C13H9N13/c1-2-6(8-19-12(25-23-8)10-14-4-16-21-10)18-7(3-1)9-20-13(26-24-9)11-15-5-17-22-11/h1-5H,(H,14,16,21)(H,15,17,22)(H,19,23,25)(H,20,24,26). The Labute approximate surface area is 143 Å². The Bertz CT molecular complexity index is 1050. The van der Waals surface area contributed by atoms with Crippen LogP contribution in [0.4, 0.5) is 0 Å². The van der Waals surface area contributed by atoms with Crippen LogP contribution >= 0.6 is 0 Å². The molecule has 0 spiro atoms. The van der Waals surface area contributed by atoms with E-state index in [1.54, 1.807) is 12.1 Å². The first-order chi connectivity index (χ1) is 12.9. The molecule has 0 radical (unpaired) electrons. The molecule has 0 aromatic carbocycles. The van der Waals surface area contributed by atoms with Gasteiger partial charge in [-0.05, 0) is 12.1 Å². The number of nitrogens with zero attached hydrogens (tertiary/aromatic N) is 9. The second kappa shape index (κ2) is 5.66. The Hall–Kier alpha value is -4.29. The van der Waals surface area contributed by atoms with Crippen LogP contribution in [0.2, 0.25) is 0 Å². The topological polar surface area (TPSA) is 179 Å². The molecule has 0 saturated carbocycles. The number of nitrogens with one attached hydrogen (secondary N) is 4. The fraction of sp³-hybridized carbons (Fsp3) is 0. The lowest BCUT2D eigenvalue weighted by Gasteiger charge is -1.97. The highest BCUT2D eigenvalue weighted by molar-refractivity contribution is 5.60. The summed E-state index contributed by atoms with van der Waals surface area (Å²) in [7, 11) is 0. The third kappa shape index (κ3) is 2.39. The van der Waals surface area contributed by atoms with Gasteiger partial charge in [0.2, 0.25) is 0 Å². The zero-order chi connectivity index (χ0) is 17.3. The molecule has 0 atom stereocenters. The molecule has 5 aromatic rings. The van der Waals surface area contributed by atoms with E-state index in [1.807, 2.05) is 6.07 Å². The maximum atomic E-state index is 4.52. The van der Waals surface area contributed by atoms with Crippen molar-refractivity contribution in [3.05, 3.63) is 30.9 Å². The second-order valence-electron chi connectivity index (χ2n) is 5.09. The fourth-order valence-corrected chi connectivity index (χ4v) is 2.29. The van der Waals surface area contributed by atoms with Crippen molar-refractivity contribution in [1.29, 1.82) is 0 Å². The zero-order valence-corrected chi connectivity index (χ0v) is 12.9. The third-order valence-electron chi connectivity index (χ3n) is 3.46. The molecule has 5 rings (SSSR count). The molecule has 26 heavy (non-hydrogen) atoms. The smallest absolute Gasteiger partial charge is 0.200 e. The summed E-state index contributed by atoms with van der Waals surface area (Å²) in [6, 6.07) is 5.41. The average Bonchev–Trinajstić information content (AvgIpc) is 3.49. The highest BCUT2D eigenvalue weighted by atomic mass is 15.3. The molecule has 0 unspecified atom stereocenters. The van der Waals surface area contributed by atoms with Crippen molar-refractivity contribution in [1.82, 2.24) is 65.7 Å². The maximum Gasteiger partial charge on any atom is 0.200 e. The first-order valence-corrected chi connectivity index (χ1v) is 7.41.